The summed E-state index contributed by atoms with van der Waals surface area (Å²) in [4.78, 5) is 18.4. The predicted octanol–water partition coefficient (Wildman–Crippen LogP) is 3.07. The van der Waals surface area contributed by atoms with Gasteiger partial charge in [-0.3, -0.25) is 9.79 Å². The molecular weight excluding hydrogens is 403 g/mol. The zero-order valence-corrected chi connectivity index (χ0v) is 16.2. The number of carbonyl (C=O) groups excluding carboxylic acids is 1. The fourth-order valence-electron chi connectivity index (χ4n) is 2.33. The molecule has 128 valence electrons. The third kappa shape index (κ3) is 6.01. The highest BCUT2D eigenvalue weighted by Crippen LogP contribution is 2.17. The number of amides is 1. The molecule has 1 aromatic carbocycles. The van der Waals surface area contributed by atoms with Crippen molar-refractivity contribution in [2.24, 2.45) is 16.1 Å². The van der Waals surface area contributed by atoms with Gasteiger partial charge in [0.15, 0.2) is 5.96 Å². The van der Waals surface area contributed by atoms with Crippen molar-refractivity contribution in [1.82, 2.24) is 4.90 Å². The molecule has 1 aliphatic rings. The average Bonchev–Trinajstić information content (AvgIpc) is 2.53. The smallest absolute Gasteiger partial charge is 0.224 e. The van der Waals surface area contributed by atoms with Gasteiger partial charge in [0.1, 0.15) is 0 Å². The summed E-state index contributed by atoms with van der Waals surface area (Å²) in [5, 5.41) is 3.38. The van der Waals surface area contributed by atoms with E-state index in [9.17, 15) is 4.79 Å². The average molecular weight is 430 g/mol. The molecule has 0 bridgehead atoms. The number of hydrogen-bond acceptors (Lipinski definition) is 2. The fourth-order valence-corrected chi connectivity index (χ4v) is 2.33. The number of rotatable bonds is 4. The Morgan fingerprint density at radius 2 is 1.83 bits per heavy atom. The maximum Gasteiger partial charge on any atom is 0.224 e. The molecule has 23 heavy (non-hydrogen) atoms. The van der Waals surface area contributed by atoms with Crippen LogP contribution in [0.4, 0.5) is 5.69 Å². The number of nitrogens with zero attached hydrogens (tertiary/aromatic N) is 2. The Morgan fingerprint density at radius 1 is 1.22 bits per heavy atom. The molecule has 0 aliphatic carbocycles. The van der Waals surface area contributed by atoms with E-state index in [1.54, 1.807) is 0 Å². The number of nitrogens with two attached hydrogens (primary N) is 1. The maximum atomic E-state index is 11.5. The predicted molar refractivity (Wildman–Crippen MR) is 106 cm³/mol. The minimum Gasteiger partial charge on any atom is -0.369 e. The number of benzene rings is 1. The largest absolute Gasteiger partial charge is 0.369 e. The molecule has 2 rings (SSSR count). The van der Waals surface area contributed by atoms with Gasteiger partial charge in [0, 0.05) is 18.8 Å². The lowest BCUT2D eigenvalue weighted by atomic mass is 9.93. The summed E-state index contributed by atoms with van der Waals surface area (Å²) < 4.78 is 0. The summed E-state index contributed by atoms with van der Waals surface area (Å²) in [6.07, 6.45) is 3.62. The zero-order chi connectivity index (χ0) is 16.0. The van der Waals surface area contributed by atoms with Crippen LogP contribution < -0.4 is 11.1 Å². The van der Waals surface area contributed by atoms with Gasteiger partial charge in [-0.05, 0) is 45.2 Å². The van der Waals surface area contributed by atoms with Crippen molar-refractivity contribution in [3.63, 3.8) is 0 Å². The molecule has 1 heterocycles. The van der Waals surface area contributed by atoms with E-state index >= 15 is 0 Å². The van der Waals surface area contributed by atoms with Crippen molar-refractivity contribution < 1.29 is 4.79 Å². The van der Waals surface area contributed by atoms with Gasteiger partial charge in [0.25, 0.3) is 0 Å². The molecule has 1 aromatic rings. The van der Waals surface area contributed by atoms with Crippen molar-refractivity contribution in [3.05, 3.63) is 30.3 Å². The van der Waals surface area contributed by atoms with Crippen molar-refractivity contribution in [2.75, 3.05) is 25.0 Å². The van der Waals surface area contributed by atoms with E-state index in [2.05, 4.69) is 15.2 Å². The van der Waals surface area contributed by atoms with Crippen molar-refractivity contribution >= 4 is 41.5 Å². The van der Waals surface area contributed by atoms with Gasteiger partial charge in [-0.2, -0.15) is 0 Å². The lowest BCUT2D eigenvalue weighted by Crippen LogP contribution is -2.41. The Hall–Kier alpha value is -1.31. The second-order valence-corrected chi connectivity index (χ2v) is 6.43. The molecule has 3 N–H and O–H groups in total. The Kier molecular flexibility index (Phi) is 7.81. The second kappa shape index (κ2) is 9.10. The number of likely N-dealkylation sites (tertiary alicyclic amines) is 1. The van der Waals surface area contributed by atoms with E-state index in [4.69, 9.17) is 5.73 Å². The number of aliphatic imine (C=N–C) groups is 1. The standard InChI is InChI=1S/C17H26N4O.HI/c1-17(2,15(18)22)13-19-16(21-11-7-4-8-12-21)20-14-9-5-3-6-10-14;/h3,5-6,9-10H,4,7-8,11-13H2,1-2H3,(H2,18,22)(H,19,20);1H. The Labute approximate surface area is 155 Å². The van der Waals surface area contributed by atoms with Crippen LogP contribution in [-0.2, 0) is 4.79 Å². The molecule has 0 radical (unpaired) electrons. The third-order valence-electron chi connectivity index (χ3n) is 3.98. The summed E-state index contributed by atoms with van der Waals surface area (Å²) in [7, 11) is 0. The minimum absolute atomic E-state index is 0. The van der Waals surface area contributed by atoms with Crippen LogP contribution >= 0.6 is 24.0 Å². The molecular formula is C17H27IN4O. The first-order valence-corrected chi connectivity index (χ1v) is 7.90. The Balaban J connectivity index is 0.00000264. The Bertz CT molecular complexity index is 525. The van der Waals surface area contributed by atoms with Crippen LogP contribution in [0, 0.1) is 5.41 Å². The second-order valence-electron chi connectivity index (χ2n) is 6.43. The van der Waals surface area contributed by atoms with Gasteiger partial charge < -0.3 is 16.0 Å². The number of para-hydroxylation sites is 1. The first-order chi connectivity index (χ1) is 10.5. The number of nitrogens with one attached hydrogen (secondary N) is 1. The van der Waals surface area contributed by atoms with Gasteiger partial charge in [-0.1, -0.05) is 18.2 Å². The number of hydrogen-bond donors (Lipinski definition) is 2. The molecule has 1 fully saturated rings. The summed E-state index contributed by atoms with van der Waals surface area (Å²) in [6, 6.07) is 9.99. The first-order valence-electron chi connectivity index (χ1n) is 7.90. The number of guanidine groups is 1. The lowest BCUT2D eigenvalue weighted by Gasteiger charge is -2.31. The molecule has 0 spiro atoms. The number of halogens is 1. The number of carbonyl (C=O) groups is 1. The van der Waals surface area contributed by atoms with Crippen LogP contribution in [0.3, 0.4) is 0 Å². The van der Waals surface area contributed by atoms with Crippen LogP contribution in [0.2, 0.25) is 0 Å². The van der Waals surface area contributed by atoms with Crippen molar-refractivity contribution in [2.45, 2.75) is 33.1 Å². The van der Waals surface area contributed by atoms with Crippen LogP contribution in [0.1, 0.15) is 33.1 Å². The van der Waals surface area contributed by atoms with E-state index in [0.29, 0.717) is 6.54 Å². The molecule has 0 atom stereocenters. The zero-order valence-electron chi connectivity index (χ0n) is 13.9. The molecule has 1 aliphatic heterocycles. The van der Waals surface area contributed by atoms with Crippen LogP contribution in [-0.4, -0.2) is 36.4 Å². The minimum atomic E-state index is -0.639. The molecule has 0 saturated carbocycles. The third-order valence-corrected chi connectivity index (χ3v) is 3.98. The van der Waals surface area contributed by atoms with Gasteiger partial charge in [-0.25, -0.2) is 0 Å². The highest BCUT2D eigenvalue weighted by molar-refractivity contribution is 14.0. The van der Waals surface area contributed by atoms with Crippen LogP contribution in [0.25, 0.3) is 0 Å². The molecule has 6 heteroatoms. The summed E-state index contributed by atoms with van der Waals surface area (Å²) in [5.74, 6) is 0.509. The number of anilines is 1. The fraction of sp³-hybridized carbons (Fsp3) is 0.529. The van der Waals surface area contributed by atoms with Gasteiger partial charge in [0.05, 0.1) is 12.0 Å². The molecule has 5 nitrogen and oxygen atoms in total. The monoisotopic (exact) mass is 430 g/mol. The quantitative estimate of drug-likeness (QED) is 0.438. The van der Waals surface area contributed by atoms with Gasteiger partial charge in [0.2, 0.25) is 5.91 Å². The first kappa shape index (κ1) is 19.7. The summed E-state index contributed by atoms with van der Waals surface area (Å²) in [6.45, 7) is 6.03. The number of primary amides is 1. The highest BCUT2D eigenvalue weighted by atomic mass is 127. The highest BCUT2D eigenvalue weighted by Gasteiger charge is 2.25. The molecule has 0 aromatic heterocycles. The van der Waals surface area contributed by atoms with E-state index in [1.165, 1.54) is 19.3 Å². The summed E-state index contributed by atoms with van der Waals surface area (Å²) in [5.41, 5.74) is 5.81. The maximum absolute atomic E-state index is 11.5. The normalized spacial score (nSPS) is 15.7. The molecule has 0 unspecified atom stereocenters. The topological polar surface area (TPSA) is 70.7 Å². The van der Waals surface area contributed by atoms with Crippen LogP contribution in [0.15, 0.2) is 35.3 Å². The lowest BCUT2D eigenvalue weighted by molar-refractivity contribution is -0.125. The molecule has 1 amide bonds. The van der Waals surface area contributed by atoms with E-state index in [1.807, 2.05) is 44.2 Å². The SMILES string of the molecule is CC(C)(CN=C(Nc1ccccc1)N1CCCCC1)C(N)=O.I. The van der Waals surface area contributed by atoms with Crippen molar-refractivity contribution in [3.8, 4) is 0 Å². The number of piperidine rings is 1. The van der Waals surface area contributed by atoms with Gasteiger partial charge in [-0.15, -0.1) is 24.0 Å². The Morgan fingerprint density at radius 3 is 2.39 bits per heavy atom. The molecule has 1 saturated heterocycles. The van der Waals surface area contributed by atoms with E-state index < -0.39 is 5.41 Å². The van der Waals surface area contributed by atoms with Gasteiger partial charge >= 0.3 is 0 Å². The summed E-state index contributed by atoms with van der Waals surface area (Å²) >= 11 is 0. The van der Waals surface area contributed by atoms with Crippen LogP contribution in [0.5, 0.6) is 0 Å². The van der Waals surface area contributed by atoms with E-state index in [-0.39, 0.29) is 29.9 Å². The van der Waals surface area contributed by atoms with E-state index in [0.717, 1.165) is 24.7 Å². The van der Waals surface area contributed by atoms with Crippen molar-refractivity contribution in [1.29, 1.82) is 0 Å².